The number of amides is 4. The van der Waals surface area contributed by atoms with E-state index in [0.717, 1.165) is 12.0 Å². The van der Waals surface area contributed by atoms with Crippen LogP contribution in [0.2, 0.25) is 0 Å². The number of hydrogen-bond donors (Lipinski definition) is 2. The number of nitrogens with one attached hydrogen (secondary N) is 2. The van der Waals surface area contributed by atoms with Crippen LogP contribution in [0.1, 0.15) is 25.8 Å². The highest BCUT2D eigenvalue weighted by atomic mass is 16.2. The largest absolute Gasteiger partial charge is 0.352 e. The predicted molar refractivity (Wildman–Crippen MR) is 113 cm³/mol. The van der Waals surface area contributed by atoms with Gasteiger partial charge in [0.25, 0.3) is 0 Å². The van der Waals surface area contributed by atoms with Crippen LogP contribution in [0.5, 0.6) is 0 Å². The molecule has 4 amide bonds. The smallest absolute Gasteiger partial charge is 0.322 e. The zero-order valence-corrected chi connectivity index (χ0v) is 16.7. The molecule has 0 bridgehead atoms. The third-order valence-corrected chi connectivity index (χ3v) is 4.91. The Morgan fingerprint density at radius 3 is 2.38 bits per heavy atom. The molecule has 0 unspecified atom stereocenters. The van der Waals surface area contributed by atoms with Crippen molar-refractivity contribution in [1.82, 2.24) is 10.6 Å². The summed E-state index contributed by atoms with van der Waals surface area (Å²) in [7, 11) is 0. The van der Waals surface area contributed by atoms with Crippen molar-refractivity contribution in [1.29, 1.82) is 0 Å². The molecule has 152 valence electrons. The molecule has 0 saturated heterocycles. The van der Waals surface area contributed by atoms with Gasteiger partial charge in [-0.25, -0.2) is 4.79 Å². The van der Waals surface area contributed by atoms with Gasteiger partial charge in [-0.05, 0) is 31.0 Å². The maximum absolute atomic E-state index is 12.8. The van der Waals surface area contributed by atoms with Crippen LogP contribution >= 0.6 is 0 Å². The summed E-state index contributed by atoms with van der Waals surface area (Å²) >= 11 is 0. The fourth-order valence-corrected chi connectivity index (χ4v) is 3.15. The van der Waals surface area contributed by atoms with Crippen LogP contribution in [-0.4, -0.2) is 37.0 Å². The van der Waals surface area contributed by atoms with Gasteiger partial charge >= 0.3 is 6.03 Å². The highest BCUT2D eigenvalue weighted by Crippen LogP contribution is 2.33. The minimum absolute atomic E-state index is 0.0397. The van der Waals surface area contributed by atoms with Crippen LogP contribution in [0.4, 0.5) is 16.2 Å². The number of carbonyl (C=O) groups excluding carboxylic acids is 3. The van der Waals surface area contributed by atoms with E-state index >= 15 is 0 Å². The molecule has 2 aromatic rings. The molecule has 0 saturated carbocycles. The van der Waals surface area contributed by atoms with Crippen LogP contribution in [0.25, 0.3) is 0 Å². The van der Waals surface area contributed by atoms with E-state index in [1.807, 2.05) is 50.2 Å². The van der Waals surface area contributed by atoms with Crippen molar-refractivity contribution in [3.8, 4) is 0 Å². The molecule has 3 rings (SSSR count). The number of carbonyl (C=O) groups is 3. The van der Waals surface area contributed by atoms with E-state index in [9.17, 15) is 14.4 Å². The highest BCUT2D eigenvalue weighted by Gasteiger charge is 2.33. The SMILES string of the molecule is CC[C@@H](C)NC(=O)CN1C(=O)CN(C(=O)NCc2ccccc2)c2ccccc21. The fourth-order valence-electron chi connectivity index (χ4n) is 3.15. The number of benzene rings is 2. The summed E-state index contributed by atoms with van der Waals surface area (Å²) < 4.78 is 0. The number of hydrogen-bond acceptors (Lipinski definition) is 3. The van der Waals surface area contributed by atoms with E-state index in [-0.39, 0.29) is 37.0 Å². The zero-order chi connectivity index (χ0) is 20.8. The van der Waals surface area contributed by atoms with Crippen LogP contribution in [0, 0.1) is 0 Å². The maximum Gasteiger partial charge on any atom is 0.322 e. The van der Waals surface area contributed by atoms with Gasteiger partial charge in [-0.15, -0.1) is 0 Å². The Morgan fingerprint density at radius 1 is 1.03 bits per heavy atom. The Kier molecular flexibility index (Phi) is 6.49. The van der Waals surface area contributed by atoms with Crippen LogP contribution in [0.15, 0.2) is 54.6 Å². The van der Waals surface area contributed by atoms with Gasteiger partial charge in [0.05, 0.1) is 11.4 Å². The first-order chi connectivity index (χ1) is 14.0. The van der Waals surface area contributed by atoms with Crippen molar-refractivity contribution in [3.63, 3.8) is 0 Å². The Bertz CT molecular complexity index is 885. The van der Waals surface area contributed by atoms with Crippen LogP contribution < -0.4 is 20.4 Å². The minimum Gasteiger partial charge on any atom is -0.352 e. The fraction of sp³-hybridized carbons (Fsp3) is 0.318. The van der Waals surface area contributed by atoms with E-state index in [0.29, 0.717) is 17.9 Å². The first kappa shape index (κ1) is 20.4. The quantitative estimate of drug-likeness (QED) is 0.790. The molecule has 1 aliphatic rings. The Labute approximate surface area is 170 Å². The molecule has 1 atom stereocenters. The monoisotopic (exact) mass is 394 g/mol. The molecular weight excluding hydrogens is 368 g/mol. The lowest BCUT2D eigenvalue weighted by Gasteiger charge is -2.35. The first-order valence-electron chi connectivity index (χ1n) is 9.77. The third kappa shape index (κ3) is 4.93. The number of urea groups is 1. The molecule has 1 aliphatic heterocycles. The lowest BCUT2D eigenvalue weighted by Crippen LogP contribution is -2.53. The van der Waals surface area contributed by atoms with Crippen molar-refractivity contribution in [2.75, 3.05) is 22.9 Å². The molecule has 29 heavy (non-hydrogen) atoms. The minimum atomic E-state index is -0.349. The molecule has 0 radical (unpaired) electrons. The van der Waals surface area contributed by atoms with E-state index in [2.05, 4.69) is 10.6 Å². The molecule has 0 spiro atoms. The van der Waals surface area contributed by atoms with Crippen molar-refractivity contribution >= 4 is 29.2 Å². The third-order valence-electron chi connectivity index (χ3n) is 4.91. The van der Waals surface area contributed by atoms with E-state index in [1.54, 1.807) is 18.2 Å². The lowest BCUT2D eigenvalue weighted by atomic mass is 10.1. The maximum atomic E-state index is 12.8. The average Bonchev–Trinajstić information content (AvgIpc) is 2.74. The molecule has 0 aromatic heterocycles. The Hall–Kier alpha value is -3.35. The van der Waals surface area contributed by atoms with Gasteiger partial charge in [0.15, 0.2) is 0 Å². The van der Waals surface area contributed by atoms with Gasteiger partial charge in [0.1, 0.15) is 13.1 Å². The second-order valence-corrected chi connectivity index (χ2v) is 7.08. The molecule has 1 heterocycles. The van der Waals surface area contributed by atoms with Crippen molar-refractivity contribution in [3.05, 3.63) is 60.2 Å². The van der Waals surface area contributed by atoms with Crippen molar-refractivity contribution < 1.29 is 14.4 Å². The molecular formula is C22H26N4O3. The number of fused-ring (bicyclic) bond motifs is 1. The van der Waals surface area contributed by atoms with Gasteiger partial charge in [0.2, 0.25) is 11.8 Å². The summed E-state index contributed by atoms with van der Waals surface area (Å²) in [6, 6.07) is 16.4. The Morgan fingerprint density at radius 2 is 1.69 bits per heavy atom. The van der Waals surface area contributed by atoms with E-state index in [4.69, 9.17) is 0 Å². The zero-order valence-electron chi connectivity index (χ0n) is 16.7. The average molecular weight is 394 g/mol. The van der Waals surface area contributed by atoms with Crippen molar-refractivity contribution in [2.24, 2.45) is 0 Å². The molecule has 2 N–H and O–H groups in total. The van der Waals surface area contributed by atoms with E-state index in [1.165, 1.54) is 9.80 Å². The molecule has 7 nitrogen and oxygen atoms in total. The number of anilines is 2. The normalized spacial score (nSPS) is 14.2. The summed E-state index contributed by atoms with van der Waals surface area (Å²) in [4.78, 5) is 40.7. The van der Waals surface area contributed by atoms with Gasteiger partial charge in [-0.1, -0.05) is 49.4 Å². The summed E-state index contributed by atoms with van der Waals surface area (Å²) in [5.74, 6) is -0.512. The number of rotatable bonds is 6. The number of nitrogens with zero attached hydrogens (tertiary/aromatic N) is 2. The molecule has 0 fully saturated rings. The first-order valence-corrected chi connectivity index (χ1v) is 9.77. The van der Waals surface area contributed by atoms with Gasteiger partial charge in [-0.3, -0.25) is 19.4 Å². The standard InChI is InChI=1S/C22H26N4O3/c1-3-16(2)24-20(27)14-25-18-11-7-8-12-19(18)26(15-21(25)28)22(29)23-13-17-9-5-4-6-10-17/h4-12,16H,3,13-15H2,1-2H3,(H,23,29)(H,24,27)/t16-/m1/s1. The highest BCUT2D eigenvalue weighted by molar-refractivity contribution is 6.12. The van der Waals surface area contributed by atoms with Gasteiger partial charge in [-0.2, -0.15) is 0 Å². The van der Waals surface area contributed by atoms with Crippen LogP contribution in [0.3, 0.4) is 0 Å². The molecule has 2 aromatic carbocycles. The summed E-state index contributed by atoms with van der Waals surface area (Å²) in [5, 5.41) is 5.73. The Balaban J connectivity index is 1.74. The molecule has 0 aliphatic carbocycles. The topological polar surface area (TPSA) is 81.8 Å². The van der Waals surface area contributed by atoms with Crippen molar-refractivity contribution in [2.45, 2.75) is 32.9 Å². The van der Waals surface area contributed by atoms with Gasteiger partial charge in [0, 0.05) is 12.6 Å². The molecule has 7 heteroatoms. The summed E-state index contributed by atoms with van der Waals surface area (Å²) in [5.41, 5.74) is 2.13. The second kappa shape index (κ2) is 9.23. The number of para-hydroxylation sites is 2. The lowest BCUT2D eigenvalue weighted by molar-refractivity contribution is -0.123. The van der Waals surface area contributed by atoms with Gasteiger partial charge < -0.3 is 10.6 Å². The van der Waals surface area contributed by atoms with Crippen LogP contribution in [-0.2, 0) is 16.1 Å². The predicted octanol–water partition coefficient (Wildman–Crippen LogP) is 2.66. The second-order valence-electron chi connectivity index (χ2n) is 7.08. The summed E-state index contributed by atoms with van der Waals surface area (Å²) in [6.07, 6.45) is 0.811. The summed E-state index contributed by atoms with van der Waals surface area (Å²) in [6.45, 7) is 4.09. The van der Waals surface area contributed by atoms with E-state index < -0.39 is 0 Å².